The lowest BCUT2D eigenvalue weighted by Crippen LogP contribution is -2.33. The third-order valence-electron chi connectivity index (χ3n) is 3.80. The van der Waals surface area contributed by atoms with Gasteiger partial charge in [0.1, 0.15) is 0 Å². The van der Waals surface area contributed by atoms with Gasteiger partial charge < -0.3 is 5.32 Å². The maximum atomic E-state index is 3.60. The smallest absolute Gasteiger partial charge is 0.00727 e. The van der Waals surface area contributed by atoms with Gasteiger partial charge in [-0.1, -0.05) is 37.6 Å². The lowest BCUT2D eigenvalue weighted by atomic mass is 9.80. The van der Waals surface area contributed by atoms with Crippen LogP contribution in [0.2, 0.25) is 0 Å². The van der Waals surface area contributed by atoms with E-state index in [0.717, 1.165) is 18.5 Å². The molecule has 2 rings (SSSR count). The molecule has 0 heterocycles. The average Bonchev–Trinajstić information content (AvgIpc) is 2.30. The fourth-order valence-corrected chi connectivity index (χ4v) is 2.99. The van der Waals surface area contributed by atoms with E-state index in [1.807, 2.05) is 0 Å². The van der Waals surface area contributed by atoms with Crippen molar-refractivity contribution in [2.24, 2.45) is 0 Å². The van der Waals surface area contributed by atoms with E-state index < -0.39 is 0 Å². The molecule has 1 aromatic rings. The molecule has 0 amide bonds. The van der Waals surface area contributed by atoms with Crippen LogP contribution in [0, 0.1) is 6.92 Å². The normalized spacial score (nSPS) is 25.6. The fourth-order valence-electron chi connectivity index (χ4n) is 2.99. The Morgan fingerprint density at radius 2 is 2.06 bits per heavy atom. The van der Waals surface area contributed by atoms with Gasteiger partial charge in [-0.05, 0) is 49.8 Å². The van der Waals surface area contributed by atoms with Gasteiger partial charge in [-0.15, -0.1) is 0 Å². The summed E-state index contributed by atoms with van der Waals surface area (Å²) in [6, 6.07) is 9.62. The molecule has 1 aromatic carbocycles. The van der Waals surface area contributed by atoms with Crippen LogP contribution < -0.4 is 5.32 Å². The fraction of sp³-hybridized carbons (Fsp3) is 0.600. The van der Waals surface area contributed by atoms with E-state index in [2.05, 4.69) is 43.4 Å². The van der Waals surface area contributed by atoms with Crippen molar-refractivity contribution in [3.05, 3.63) is 35.4 Å². The molecule has 1 N–H and O–H groups in total. The quantitative estimate of drug-likeness (QED) is 0.815. The van der Waals surface area contributed by atoms with E-state index >= 15 is 0 Å². The highest BCUT2D eigenvalue weighted by molar-refractivity contribution is 5.29. The van der Waals surface area contributed by atoms with Crippen LogP contribution in [-0.2, 0) is 0 Å². The first-order valence-corrected chi connectivity index (χ1v) is 6.60. The lowest BCUT2D eigenvalue weighted by molar-refractivity contribution is 0.344. The zero-order valence-electron chi connectivity index (χ0n) is 10.5. The Morgan fingerprint density at radius 3 is 2.81 bits per heavy atom. The molecule has 0 aliphatic heterocycles. The first kappa shape index (κ1) is 11.7. The molecule has 0 radical (unpaired) electrons. The summed E-state index contributed by atoms with van der Waals surface area (Å²) < 4.78 is 0. The van der Waals surface area contributed by atoms with Crippen molar-refractivity contribution in [3.63, 3.8) is 0 Å². The maximum absolute atomic E-state index is 3.60. The molecule has 16 heavy (non-hydrogen) atoms. The average molecular weight is 217 g/mol. The second-order valence-corrected chi connectivity index (χ2v) is 4.97. The van der Waals surface area contributed by atoms with E-state index in [4.69, 9.17) is 0 Å². The van der Waals surface area contributed by atoms with Crippen LogP contribution in [0.5, 0.6) is 0 Å². The maximum Gasteiger partial charge on any atom is 0.00727 e. The van der Waals surface area contributed by atoms with Gasteiger partial charge in [-0.25, -0.2) is 0 Å². The van der Waals surface area contributed by atoms with Crippen LogP contribution >= 0.6 is 0 Å². The molecule has 1 nitrogen and oxygen atoms in total. The second kappa shape index (κ2) is 5.49. The number of aryl methyl sites for hydroxylation is 1. The summed E-state index contributed by atoms with van der Waals surface area (Å²) in [6.07, 6.45) is 5.42. The Balaban J connectivity index is 2.07. The standard InChI is InChI=1S/C15H23N/c1-3-16-14-9-6-8-13(11-14)15-10-5-4-7-12(15)2/h4-5,7,10,13-14,16H,3,6,8-9,11H2,1-2H3. The van der Waals surface area contributed by atoms with Crippen molar-refractivity contribution in [2.75, 3.05) is 6.54 Å². The van der Waals surface area contributed by atoms with Crippen molar-refractivity contribution < 1.29 is 0 Å². The third kappa shape index (κ3) is 2.65. The van der Waals surface area contributed by atoms with Crippen LogP contribution in [-0.4, -0.2) is 12.6 Å². The van der Waals surface area contributed by atoms with Gasteiger partial charge in [0.05, 0.1) is 0 Å². The molecule has 2 atom stereocenters. The second-order valence-electron chi connectivity index (χ2n) is 4.97. The van der Waals surface area contributed by atoms with Gasteiger partial charge in [0.25, 0.3) is 0 Å². The summed E-state index contributed by atoms with van der Waals surface area (Å²) in [5, 5.41) is 3.60. The Kier molecular flexibility index (Phi) is 4.00. The SMILES string of the molecule is CCNC1CCCC(c2ccccc2C)C1. The zero-order valence-corrected chi connectivity index (χ0v) is 10.5. The molecule has 0 bridgehead atoms. The number of hydrogen-bond acceptors (Lipinski definition) is 1. The molecule has 0 saturated heterocycles. The Morgan fingerprint density at radius 1 is 1.25 bits per heavy atom. The largest absolute Gasteiger partial charge is 0.314 e. The van der Waals surface area contributed by atoms with Crippen molar-refractivity contribution in [2.45, 2.75) is 51.5 Å². The highest BCUT2D eigenvalue weighted by Crippen LogP contribution is 2.34. The predicted molar refractivity (Wildman–Crippen MR) is 69.9 cm³/mol. The number of benzene rings is 1. The minimum absolute atomic E-state index is 0.739. The molecule has 88 valence electrons. The molecule has 1 aliphatic rings. The van der Waals surface area contributed by atoms with Crippen LogP contribution in [0.25, 0.3) is 0 Å². The number of hydrogen-bond donors (Lipinski definition) is 1. The molecule has 1 heteroatoms. The Labute approximate surface area is 99.3 Å². The molecular weight excluding hydrogens is 194 g/mol. The highest BCUT2D eigenvalue weighted by atomic mass is 14.9. The first-order chi connectivity index (χ1) is 7.81. The summed E-state index contributed by atoms with van der Waals surface area (Å²) in [5.74, 6) is 0.777. The van der Waals surface area contributed by atoms with Gasteiger partial charge in [-0.2, -0.15) is 0 Å². The zero-order chi connectivity index (χ0) is 11.4. The van der Waals surface area contributed by atoms with E-state index in [1.54, 1.807) is 5.56 Å². The van der Waals surface area contributed by atoms with Crippen LogP contribution in [0.15, 0.2) is 24.3 Å². The lowest BCUT2D eigenvalue weighted by Gasteiger charge is -2.30. The Bertz CT molecular complexity index is 330. The van der Waals surface area contributed by atoms with Crippen LogP contribution in [0.1, 0.15) is 49.7 Å². The van der Waals surface area contributed by atoms with Gasteiger partial charge in [0, 0.05) is 6.04 Å². The molecule has 1 fully saturated rings. The minimum atomic E-state index is 0.739. The summed E-state index contributed by atoms with van der Waals surface area (Å²) in [4.78, 5) is 0. The van der Waals surface area contributed by atoms with Crippen LogP contribution in [0.3, 0.4) is 0 Å². The number of rotatable bonds is 3. The molecular formula is C15H23N. The van der Waals surface area contributed by atoms with Crippen LogP contribution in [0.4, 0.5) is 0 Å². The monoisotopic (exact) mass is 217 g/mol. The van der Waals surface area contributed by atoms with E-state index in [-0.39, 0.29) is 0 Å². The van der Waals surface area contributed by atoms with E-state index in [9.17, 15) is 0 Å². The van der Waals surface area contributed by atoms with E-state index in [1.165, 1.54) is 31.2 Å². The van der Waals surface area contributed by atoms with E-state index in [0.29, 0.717) is 0 Å². The van der Waals surface area contributed by atoms with Gasteiger partial charge in [0.2, 0.25) is 0 Å². The van der Waals surface area contributed by atoms with Gasteiger partial charge in [-0.3, -0.25) is 0 Å². The van der Waals surface area contributed by atoms with Crippen molar-refractivity contribution in [1.29, 1.82) is 0 Å². The Hall–Kier alpha value is -0.820. The summed E-state index contributed by atoms with van der Waals surface area (Å²) in [6.45, 7) is 5.55. The number of nitrogens with one attached hydrogen (secondary N) is 1. The van der Waals surface area contributed by atoms with Crippen molar-refractivity contribution in [1.82, 2.24) is 5.32 Å². The predicted octanol–water partition coefficient (Wildman–Crippen LogP) is 3.63. The molecule has 0 spiro atoms. The molecule has 1 saturated carbocycles. The minimum Gasteiger partial charge on any atom is -0.314 e. The van der Waals surface area contributed by atoms with Gasteiger partial charge in [0.15, 0.2) is 0 Å². The molecule has 0 aromatic heterocycles. The summed E-state index contributed by atoms with van der Waals surface area (Å²) in [5.41, 5.74) is 3.04. The highest BCUT2D eigenvalue weighted by Gasteiger charge is 2.23. The van der Waals surface area contributed by atoms with Crippen molar-refractivity contribution in [3.8, 4) is 0 Å². The molecule has 2 unspecified atom stereocenters. The summed E-state index contributed by atoms with van der Waals surface area (Å²) in [7, 11) is 0. The van der Waals surface area contributed by atoms with Crippen molar-refractivity contribution >= 4 is 0 Å². The molecule has 1 aliphatic carbocycles. The summed E-state index contributed by atoms with van der Waals surface area (Å²) >= 11 is 0. The van der Waals surface area contributed by atoms with Gasteiger partial charge >= 0.3 is 0 Å². The topological polar surface area (TPSA) is 12.0 Å². The first-order valence-electron chi connectivity index (χ1n) is 6.60. The third-order valence-corrected chi connectivity index (χ3v) is 3.80.